The van der Waals surface area contributed by atoms with E-state index >= 15 is 0 Å². The van der Waals surface area contributed by atoms with E-state index in [1.807, 2.05) is 17.0 Å². The second kappa shape index (κ2) is 6.42. The summed E-state index contributed by atoms with van der Waals surface area (Å²) in [4.78, 5) is 14.7. The molecule has 2 aliphatic rings. The van der Waals surface area contributed by atoms with Gasteiger partial charge in [0.1, 0.15) is 5.75 Å². The summed E-state index contributed by atoms with van der Waals surface area (Å²) in [6.07, 6.45) is 2.29. The van der Waals surface area contributed by atoms with Crippen molar-refractivity contribution in [2.24, 2.45) is 11.7 Å². The van der Waals surface area contributed by atoms with Gasteiger partial charge in [0.25, 0.3) is 0 Å². The molecule has 0 spiro atoms. The third kappa shape index (κ3) is 2.88. The number of amides is 1. The molecule has 1 aliphatic heterocycles. The lowest BCUT2D eigenvalue weighted by atomic mass is 9.70. The quantitative estimate of drug-likeness (QED) is 0.865. The topological polar surface area (TPSA) is 64.8 Å². The summed E-state index contributed by atoms with van der Waals surface area (Å²) in [5.41, 5.74) is 7.82. The lowest BCUT2D eigenvalue weighted by Crippen LogP contribution is -2.56. The van der Waals surface area contributed by atoms with Gasteiger partial charge in [0.05, 0.1) is 12.7 Å². The van der Waals surface area contributed by atoms with E-state index in [0.29, 0.717) is 13.1 Å². The van der Waals surface area contributed by atoms with Crippen LogP contribution in [-0.4, -0.2) is 43.7 Å². The SMILES string of the molecule is COc1ccc(Br)c2c1CN(C(=O)C1CC(CN)(OC)C1)CC2. The molecule has 0 atom stereocenters. The van der Waals surface area contributed by atoms with E-state index in [1.165, 1.54) is 5.56 Å². The molecule has 1 amide bonds. The Balaban J connectivity index is 1.73. The number of carbonyl (C=O) groups excluding carboxylic acids is 1. The summed E-state index contributed by atoms with van der Waals surface area (Å²) in [6, 6.07) is 3.96. The lowest BCUT2D eigenvalue weighted by molar-refractivity contribution is -0.155. The number of methoxy groups -OCH3 is 2. The van der Waals surface area contributed by atoms with Crippen molar-refractivity contribution >= 4 is 21.8 Å². The highest BCUT2D eigenvalue weighted by Crippen LogP contribution is 2.42. The molecule has 0 saturated heterocycles. The fourth-order valence-electron chi connectivity index (χ4n) is 3.67. The molecule has 2 N–H and O–H groups in total. The van der Waals surface area contributed by atoms with E-state index in [4.69, 9.17) is 15.2 Å². The molecule has 1 aromatic rings. The number of nitrogens with two attached hydrogens (primary N) is 1. The maximum atomic E-state index is 12.8. The van der Waals surface area contributed by atoms with Crippen LogP contribution >= 0.6 is 15.9 Å². The van der Waals surface area contributed by atoms with E-state index in [-0.39, 0.29) is 17.4 Å². The average molecular weight is 383 g/mol. The van der Waals surface area contributed by atoms with Crippen LogP contribution in [0.4, 0.5) is 0 Å². The maximum absolute atomic E-state index is 12.8. The van der Waals surface area contributed by atoms with Crippen LogP contribution in [0.3, 0.4) is 0 Å². The molecule has 1 heterocycles. The van der Waals surface area contributed by atoms with Crippen LogP contribution < -0.4 is 10.5 Å². The second-order valence-electron chi connectivity index (χ2n) is 6.41. The summed E-state index contributed by atoms with van der Waals surface area (Å²) < 4.78 is 12.0. The summed E-state index contributed by atoms with van der Waals surface area (Å²) in [6.45, 7) is 1.82. The minimum atomic E-state index is -0.297. The predicted octanol–water partition coefficient (Wildman–Crippen LogP) is 2.10. The monoisotopic (exact) mass is 382 g/mol. The molecule has 1 aliphatic carbocycles. The van der Waals surface area contributed by atoms with Crippen molar-refractivity contribution in [1.29, 1.82) is 0 Å². The first-order valence-electron chi connectivity index (χ1n) is 7.92. The lowest BCUT2D eigenvalue weighted by Gasteiger charge is -2.47. The first kappa shape index (κ1) is 16.7. The molecule has 0 unspecified atom stereocenters. The highest BCUT2D eigenvalue weighted by Gasteiger charge is 2.48. The van der Waals surface area contributed by atoms with Gasteiger partial charge in [-0.1, -0.05) is 15.9 Å². The van der Waals surface area contributed by atoms with Crippen molar-refractivity contribution < 1.29 is 14.3 Å². The van der Waals surface area contributed by atoms with Crippen LogP contribution in [0.15, 0.2) is 16.6 Å². The molecule has 1 saturated carbocycles. The van der Waals surface area contributed by atoms with Gasteiger partial charge in [-0.05, 0) is 37.0 Å². The van der Waals surface area contributed by atoms with Crippen molar-refractivity contribution in [3.63, 3.8) is 0 Å². The van der Waals surface area contributed by atoms with Crippen LogP contribution in [-0.2, 0) is 22.5 Å². The van der Waals surface area contributed by atoms with Gasteiger partial charge >= 0.3 is 0 Å². The van der Waals surface area contributed by atoms with Gasteiger partial charge < -0.3 is 20.1 Å². The molecule has 1 fully saturated rings. The average Bonchev–Trinajstić information content (AvgIpc) is 2.55. The van der Waals surface area contributed by atoms with E-state index in [9.17, 15) is 4.79 Å². The zero-order valence-electron chi connectivity index (χ0n) is 13.6. The van der Waals surface area contributed by atoms with Gasteiger partial charge in [-0.2, -0.15) is 0 Å². The molecule has 5 nitrogen and oxygen atoms in total. The first-order chi connectivity index (χ1) is 11.0. The van der Waals surface area contributed by atoms with Crippen LogP contribution in [0.5, 0.6) is 5.75 Å². The third-order valence-corrected chi connectivity index (χ3v) is 5.98. The number of rotatable bonds is 4. The first-order valence-corrected chi connectivity index (χ1v) is 8.71. The van der Waals surface area contributed by atoms with Gasteiger partial charge in [0.15, 0.2) is 0 Å². The van der Waals surface area contributed by atoms with E-state index in [2.05, 4.69) is 15.9 Å². The summed E-state index contributed by atoms with van der Waals surface area (Å²) in [5.74, 6) is 1.08. The number of fused-ring (bicyclic) bond motifs is 1. The number of carbonyl (C=O) groups is 1. The summed E-state index contributed by atoms with van der Waals surface area (Å²) in [5, 5.41) is 0. The van der Waals surface area contributed by atoms with E-state index in [1.54, 1.807) is 14.2 Å². The van der Waals surface area contributed by atoms with Crippen molar-refractivity contribution in [3.8, 4) is 5.75 Å². The highest BCUT2D eigenvalue weighted by molar-refractivity contribution is 9.10. The number of nitrogens with zero attached hydrogens (tertiary/aromatic N) is 1. The van der Waals surface area contributed by atoms with Gasteiger partial charge in [-0.15, -0.1) is 0 Å². The Morgan fingerprint density at radius 1 is 1.39 bits per heavy atom. The van der Waals surface area contributed by atoms with Gasteiger partial charge in [-0.3, -0.25) is 4.79 Å². The Kier molecular flexibility index (Phi) is 4.67. The van der Waals surface area contributed by atoms with Gasteiger partial charge in [-0.25, -0.2) is 0 Å². The van der Waals surface area contributed by atoms with Crippen molar-refractivity contribution in [2.45, 2.75) is 31.4 Å². The van der Waals surface area contributed by atoms with E-state index in [0.717, 1.165) is 41.6 Å². The Hall–Kier alpha value is -1.11. The second-order valence-corrected chi connectivity index (χ2v) is 7.27. The fraction of sp³-hybridized carbons (Fsp3) is 0.588. The smallest absolute Gasteiger partial charge is 0.226 e. The molecule has 0 radical (unpaired) electrons. The fourth-order valence-corrected chi connectivity index (χ4v) is 4.24. The Labute approximate surface area is 145 Å². The van der Waals surface area contributed by atoms with Crippen LogP contribution in [0.1, 0.15) is 24.0 Å². The molecule has 3 rings (SSSR count). The molecular weight excluding hydrogens is 360 g/mol. The minimum Gasteiger partial charge on any atom is -0.496 e. The Morgan fingerprint density at radius 3 is 2.74 bits per heavy atom. The van der Waals surface area contributed by atoms with Crippen molar-refractivity contribution in [3.05, 3.63) is 27.7 Å². The Morgan fingerprint density at radius 2 is 2.13 bits per heavy atom. The number of hydrogen-bond donors (Lipinski definition) is 1. The summed E-state index contributed by atoms with van der Waals surface area (Å²) in [7, 11) is 3.34. The summed E-state index contributed by atoms with van der Waals surface area (Å²) >= 11 is 3.60. The van der Waals surface area contributed by atoms with Crippen LogP contribution in [0.25, 0.3) is 0 Å². The van der Waals surface area contributed by atoms with Crippen molar-refractivity contribution in [1.82, 2.24) is 4.90 Å². The largest absolute Gasteiger partial charge is 0.496 e. The normalized spacial score (nSPS) is 26.4. The predicted molar refractivity (Wildman–Crippen MR) is 91.3 cm³/mol. The molecular formula is C17H23BrN2O3. The van der Waals surface area contributed by atoms with Crippen molar-refractivity contribution in [2.75, 3.05) is 27.3 Å². The standard InChI is InChI=1S/C17H23BrN2O3/c1-22-15-4-3-14(18)12-5-6-20(9-13(12)15)16(21)11-7-17(8-11,10-19)23-2/h3-4,11H,5-10,19H2,1-2H3. The highest BCUT2D eigenvalue weighted by atomic mass is 79.9. The maximum Gasteiger partial charge on any atom is 0.226 e. The zero-order valence-corrected chi connectivity index (χ0v) is 15.2. The molecule has 126 valence electrons. The molecule has 0 aromatic heterocycles. The molecule has 1 aromatic carbocycles. The van der Waals surface area contributed by atoms with Crippen LogP contribution in [0, 0.1) is 5.92 Å². The molecule has 23 heavy (non-hydrogen) atoms. The number of ether oxygens (including phenoxy) is 2. The number of hydrogen-bond acceptors (Lipinski definition) is 4. The van der Waals surface area contributed by atoms with Gasteiger partial charge in [0, 0.05) is 42.7 Å². The van der Waals surface area contributed by atoms with Crippen LogP contribution in [0.2, 0.25) is 0 Å². The van der Waals surface area contributed by atoms with Gasteiger partial charge in [0.2, 0.25) is 5.91 Å². The zero-order chi connectivity index (χ0) is 16.6. The third-order valence-electron chi connectivity index (χ3n) is 5.23. The molecule has 0 bridgehead atoms. The number of benzene rings is 1. The Bertz CT molecular complexity index is 608. The molecule has 6 heteroatoms. The number of halogens is 1. The minimum absolute atomic E-state index is 0.0261. The van der Waals surface area contributed by atoms with E-state index < -0.39 is 0 Å².